The molecule has 172 valence electrons. The largest absolute Gasteiger partial charge is 0.356 e. The minimum absolute atomic E-state index is 0.0326. The summed E-state index contributed by atoms with van der Waals surface area (Å²) in [7, 11) is 0. The van der Waals surface area contributed by atoms with E-state index in [1.54, 1.807) is 17.7 Å². The Kier molecular flexibility index (Phi) is 6.01. The first-order valence-electron chi connectivity index (χ1n) is 11.7. The summed E-state index contributed by atoms with van der Waals surface area (Å²) in [6.07, 6.45) is 5.36. The van der Waals surface area contributed by atoms with E-state index in [0.717, 1.165) is 73.6 Å². The van der Waals surface area contributed by atoms with Gasteiger partial charge in [-0.25, -0.2) is 9.97 Å². The molecule has 0 bridgehead atoms. The number of rotatable bonds is 4. The fraction of sp³-hybridized carbons (Fsp3) is 0.440. The predicted octanol–water partition coefficient (Wildman–Crippen LogP) is 4.40. The molecule has 8 heteroatoms. The number of hydrogen-bond acceptors (Lipinski definition) is 6. The minimum Gasteiger partial charge on any atom is -0.356 e. The number of hydrogen-bond donors (Lipinski definition) is 1. The molecular weight excluding hydrogens is 434 g/mol. The molecule has 2 aromatic heterocycles. The number of benzene rings is 1. The van der Waals surface area contributed by atoms with Crippen molar-refractivity contribution in [2.24, 2.45) is 5.92 Å². The summed E-state index contributed by atoms with van der Waals surface area (Å²) in [4.78, 5) is 40.9. The topological polar surface area (TPSA) is 78.4 Å². The second-order valence-electron chi connectivity index (χ2n) is 8.99. The highest BCUT2D eigenvalue weighted by Gasteiger charge is 2.27. The number of nitrogens with one attached hydrogen (secondary N) is 1. The lowest BCUT2D eigenvalue weighted by molar-refractivity contribution is -0.120. The van der Waals surface area contributed by atoms with Gasteiger partial charge in [-0.3, -0.25) is 9.59 Å². The molecule has 0 radical (unpaired) electrons. The van der Waals surface area contributed by atoms with Crippen molar-refractivity contribution >= 4 is 44.9 Å². The van der Waals surface area contributed by atoms with Crippen LogP contribution >= 0.6 is 11.3 Å². The molecule has 5 rings (SSSR count). The maximum atomic E-state index is 12.9. The van der Waals surface area contributed by atoms with E-state index in [1.807, 2.05) is 29.2 Å². The Morgan fingerprint density at radius 3 is 2.39 bits per heavy atom. The van der Waals surface area contributed by atoms with E-state index in [2.05, 4.69) is 34.0 Å². The van der Waals surface area contributed by atoms with Crippen LogP contribution in [0.2, 0.25) is 0 Å². The summed E-state index contributed by atoms with van der Waals surface area (Å²) in [6, 6.07) is 7.28. The lowest BCUT2D eigenvalue weighted by Gasteiger charge is -2.32. The fourth-order valence-corrected chi connectivity index (χ4v) is 5.79. The predicted molar refractivity (Wildman–Crippen MR) is 132 cm³/mol. The maximum Gasteiger partial charge on any atom is 0.253 e. The summed E-state index contributed by atoms with van der Waals surface area (Å²) >= 11 is 1.71. The summed E-state index contributed by atoms with van der Waals surface area (Å²) < 4.78 is 0. The molecule has 33 heavy (non-hydrogen) atoms. The van der Waals surface area contributed by atoms with E-state index in [1.165, 1.54) is 10.4 Å². The van der Waals surface area contributed by atoms with Gasteiger partial charge in [-0.15, -0.1) is 11.3 Å². The van der Waals surface area contributed by atoms with Gasteiger partial charge in [0.05, 0.1) is 5.39 Å². The number of amides is 2. The van der Waals surface area contributed by atoms with Crippen LogP contribution in [0.4, 0.5) is 11.5 Å². The Hall–Kier alpha value is -3.00. The zero-order chi connectivity index (χ0) is 22.9. The first-order chi connectivity index (χ1) is 16.0. The van der Waals surface area contributed by atoms with Crippen molar-refractivity contribution in [1.29, 1.82) is 0 Å². The molecule has 1 aromatic carbocycles. The SMILES string of the molecule is Cc1sc2ncnc(N3CCC(C(=O)Nc4ccc(C(=O)N5CCCC5)cc4)CC3)c2c1C. The summed E-state index contributed by atoms with van der Waals surface area (Å²) in [5.74, 6) is 1.07. The Morgan fingerprint density at radius 2 is 1.70 bits per heavy atom. The van der Waals surface area contributed by atoms with Crippen molar-refractivity contribution in [2.45, 2.75) is 39.5 Å². The smallest absolute Gasteiger partial charge is 0.253 e. The number of piperidine rings is 1. The van der Waals surface area contributed by atoms with Crippen LogP contribution in [0, 0.1) is 19.8 Å². The van der Waals surface area contributed by atoms with Gasteiger partial charge in [0.2, 0.25) is 5.91 Å². The number of anilines is 2. The average Bonchev–Trinajstić information content (AvgIpc) is 3.48. The highest BCUT2D eigenvalue weighted by molar-refractivity contribution is 7.18. The third-order valence-corrected chi connectivity index (χ3v) is 8.02. The normalized spacial score (nSPS) is 17.0. The van der Waals surface area contributed by atoms with E-state index in [0.29, 0.717) is 5.56 Å². The molecule has 0 unspecified atom stereocenters. The number of carbonyl (C=O) groups excluding carboxylic acids is 2. The molecule has 1 N–H and O–H groups in total. The highest BCUT2D eigenvalue weighted by atomic mass is 32.1. The van der Waals surface area contributed by atoms with Gasteiger partial charge in [0.25, 0.3) is 5.91 Å². The van der Waals surface area contributed by atoms with Crippen molar-refractivity contribution in [3.05, 3.63) is 46.6 Å². The van der Waals surface area contributed by atoms with Gasteiger partial charge in [0.15, 0.2) is 0 Å². The number of aromatic nitrogens is 2. The van der Waals surface area contributed by atoms with Crippen LogP contribution in [0.5, 0.6) is 0 Å². The van der Waals surface area contributed by atoms with Crippen LogP contribution in [-0.2, 0) is 4.79 Å². The first-order valence-corrected chi connectivity index (χ1v) is 12.5. The maximum absolute atomic E-state index is 12.9. The monoisotopic (exact) mass is 463 g/mol. The lowest BCUT2D eigenvalue weighted by Crippen LogP contribution is -2.38. The van der Waals surface area contributed by atoms with E-state index in [9.17, 15) is 9.59 Å². The van der Waals surface area contributed by atoms with Gasteiger partial charge in [0, 0.05) is 48.2 Å². The molecule has 2 amide bonds. The molecule has 0 saturated carbocycles. The second kappa shape index (κ2) is 9.09. The molecule has 0 atom stereocenters. The Morgan fingerprint density at radius 1 is 1.00 bits per heavy atom. The third-order valence-electron chi connectivity index (χ3n) is 6.90. The number of carbonyl (C=O) groups is 2. The Labute approximate surface area is 197 Å². The van der Waals surface area contributed by atoms with Gasteiger partial charge in [-0.05, 0) is 69.4 Å². The van der Waals surface area contributed by atoms with Crippen LogP contribution in [0.15, 0.2) is 30.6 Å². The quantitative estimate of drug-likeness (QED) is 0.621. The van der Waals surface area contributed by atoms with E-state index < -0.39 is 0 Å². The number of likely N-dealkylation sites (tertiary alicyclic amines) is 1. The van der Waals surface area contributed by atoms with E-state index in [-0.39, 0.29) is 17.7 Å². The van der Waals surface area contributed by atoms with Crippen molar-refractivity contribution < 1.29 is 9.59 Å². The molecule has 2 saturated heterocycles. The number of nitrogens with zero attached hydrogens (tertiary/aromatic N) is 4. The van der Waals surface area contributed by atoms with Crippen molar-refractivity contribution in [2.75, 3.05) is 36.4 Å². The Bertz CT molecular complexity index is 1180. The summed E-state index contributed by atoms with van der Waals surface area (Å²) in [5, 5.41) is 4.18. The second-order valence-corrected chi connectivity index (χ2v) is 10.2. The van der Waals surface area contributed by atoms with Crippen molar-refractivity contribution in [3.63, 3.8) is 0 Å². The van der Waals surface area contributed by atoms with Gasteiger partial charge < -0.3 is 15.1 Å². The van der Waals surface area contributed by atoms with Crippen LogP contribution in [0.1, 0.15) is 46.5 Å². The molecule has 2 fully saturated rings. The number of aryl methyl sites for hydroxylation is 2. The first kappa shape index (κ1) is 21.8. The van der Waals surface area contributed by atoms with Crippen LogP contribution < -0.4 is 10.2 Å². The molecule has 4 heterocycles. The van der Waals surface area contributed by atoms with Gasteiger partial charge >= 0.3 is 0 Å². The van der Waals surface area contributed by atoms with Crippen molar-refractivity contribution in [3.8, 4) is 0 Å². The zero-order valence-electron chi connectivity index (χ0n) is 19.1. The molecule has 0 spiro atoms. The minimum atomic E-state index is -0.0326. The van der Waals surface area contributed by atoms with Crippen LogP contribution in [0.25, 0.3) is 10.2 Å². The zero-order valence-corrected chi connectivity index (χ0v) is 20.0. The lowest BCUT2D eigenvalue weighted by atomic mass is 9.95. The van der Waals surface area contributed by atoms with Gasteiger partial charge in [0.1, 0.15) is 17.0 Å². The fourth-order valence-electron chi connectivity index (χ4n) is 4.80. The molecule has 2 aliphatic heterocycles. The molecular formula is C25H29N5O2S. The average molecular weight is 464 g/mol. The van der Waals surface area contributed by atoms with Crippen LogP contribution in [-0.4, -0.2) is 52.9 Å². The Balaban J connectivity index is 1.19. The molecule has 3 aromatic rings. The number of fused-ring (bicyclic) bond motifs is 1. The van der Waals surface area contributed by atoms with Crippen molar-refractivity contribution in [1.82, 2.24) is 14.9 Å². The third kappa shape index (κ3) is 4.31. The molecule has 7 nitrogen and oxygen atoms in total. The molecule has 0 aliphatic carbocycles. The van der Waals surface area contributed by atoms with E-state index in [4.69, 9.17) is 0 Å². The number of thiophene rings is 1. The van der Waals surface area contributed by atoms with E-state index >= 15 is 0 Å². The summed E-state index contributed by atoms with van der Waals surface area (Å²) in [6.45, 7) is 7.51. The van der Waals surface area contributed by atoms with Gasteiger partial charge in [-0.2, -0.15) is 0 Å². The summed E-state index contributed by atoms with van der Waals surface area (Å²) in [5.41, 5.74) is 2.66. The van der Waals surface area contributed by atoms with Crippen LogP contribution in [0.3, 0.4) is 0 Å². The standard InChI is InChI=1S/C25H29N5O2S/c1-16-17(2)33-24-21(16)22(26-15-27-24)29-13-9-18(10-14-29)23(31)28-20-7-5-19(6-8-20)25(32)30-11-3-4-12-30/h5-8,15,18H,3-4,9-14H2,1-2H3,(H,28,31). The van der Waals surface area contributed by atoms with Gasteiger partial charge in [-0.1, -0.05) is 0 Å². The highest BCUT2D eigenvalue weighted by Crippen LogP contribution is 2.35. The molecule has 2 aliphatic rings.